The van der Waals surface area contributed by atoms with E-state index in [9.17, 15) is 0 Å². The predicted molar refractivity (Wildman–Crippen MR) is 76.5 cm³/mol. The largest absolute Gasteiger partial charge is 0.497 e. The van der Waals surface area contributed by atoms with Gasteiger partial charge in [0, 0.05) is 23.7 Å². The molecule has 0 saturated carbocycles. The van der Waals surface area contributed by atoms with E-state index in [1.807, 2.05) is 32.0 Å². The third-order valence-electron chi connectivity index (χ3n) is 2.97. The van der Waals surface area contributed by atoms with Crippen LogP contribution >= 0.6 is 0 Å². The molecule has 19 heavy (non-hydrogen) atoms. The number of rotatable bonds is 3. The molecule has 0 saturated heterocycles. The molecule has 0 bridgehead atoms. The molecule has 0 amide bonds. The lowest BCUT2D eigenvalue weighted by atomic mass is 10.0. The van der Waals surface area contributed by atoms with Crippen LogP contribution in [0.4, 0.5) is 5.95 Å². The van der Waals surface area contributed by atoms with Crippen molar-refractivity contribution in [2.75, 3.05) is 12.8 Å². The summed E-state index contributed by atoms with van der Waals surface area (Å²) in [4.78, 5) is 4.04. The van der Waals surface area contributed by atoms with Gasteiger partial charge in [0.25, 0.3) is 0 Å². The van der Waals surface area contributed by atoms with Gasteiger partial charge in [-0.2, -0.15) is 0 Å². The van der Waals surface area contributed by atoms with Gasteiger partial charge in [0.2, 0.25) is 5.95 Å². The lowest BCUT2D eigenvalue weighted by Gasteiger charge is -2.15. The van der Waals surface area contributed by atoms with Crippen molar-refractivity contribution >= 4 is 11.6 Å². The molecule has 0 unspecified atom stereocenters. The van der Waals surface area contributed by atoms with E-state index >= 15 is 0 Å². The Morgan fingerprint density at radius 3 is 2.58 bits per heavy atom. The van der Waals surface area contributed by atoms with E-state index in [-0.39, 0.29) is 0 Å². The molecule has 0 spiro atoms. The molecule has 0 radical (unpaired) electrons. The first kappa shape index (κ1) is 13.0. The molecule has 100 valence electrons. The smallest absolute Gasteiger partial charge is 0.204 e. The highest BCUT2D eigenvalue weighted by Gasteiger charge is 2.13. The van der Waals surface area contributed by atoms with Gasteiger partial charge in [-0.15, -0.1) is 0 Å². The van der Waals surface area contributed by atoms with Crippen LogP contribution in [0.2, 0.25) is 0 Å². The Hall–Kier alpha value is -2.43. The van der Waals surface area contributed by atoms with Crippen LogP contribution in [0.3, 0.4) is 0 Å². The SMILES string of the molecule is COc1ccc(/C(=C(\C)N)n2ccnc2N)c(C)c1. The van der Waals surface area contributed by atoms with Crippen molar-refractivity contribution in [1.82, 2.24) is 9.55 Å². The standard InChI is InChI=1S/C14H18N4O/c1-9-8-11(19-3)4-5-12(9)13(10(2)15)18-7-6-17-14(18)16/h4-8H,15H2,1-3H3,(H2,16,17)/b13-10-. The number of nitrogens with zero attached hydrogens (tertiary/aromatic N) is 2. The number of hydrogen-bond acceptors (Lipinski definition) is 4. The summed E-state index contributed by atoms with van der Waals surface area (Å²) in [5.41, 5.74) is 15.5. The number of anilines is 1. The lowest BCUT2D eigenvalue weighted by Crippen LogP contribution is -2.10. The van der Waals surface area contributed by atoms with Gasteiger partial charge in [0.1, 0.15) is 5.75 Å². The van der Waals surface area contributed by atoms with Crippen molar-refractivity contribution in [2.45, 2.75) is 13.8 Å². The van der Waals surface area contributed by atoms with Crippen molar-refractivity contribution in [1.29, 1.82) is 0 Å². The summed E-state index contributed by atoms with van der Waals surface area (Å²) in [6, 6.07) is 5.84. The maximum Gasteiger partial charge on any atom is 0.204 e. The first-order valence-corrected chi connectivity index (χ1v) is 5.95. The van der Waals surface area contributed by atoms with Crippen molar-refractivity contribution in [3.8, 4) is 5.75 Å². The zero-order chi connectivity index (χ0) is 14.0. The molecule has 1 heterocycles. The molecule has 5 nitrogen and oxygen atoms in total. The van der Waals surface area contributed by atoms with E-state index in [2.05, 4.69) is 4.98 Å². The first-order chi connectivity index (χ1) is 9.04. The van der Waals surface area contributed by atoms with Crippen LogP contribution in [0.15, 0.2) is 36.3 Å². The third kappa shape index (κ3) is 2.40. The van der Waals surface area contributed by atoms with Crippen LogP contribution in [0.25, 0.3) is 5.70 Å². The molecule has 0 aliphatic carbocycles. The number of benzene rings is 1. The lowest BCUT2D eigenvalue weighted by molar-refractivity contribution is 0.414. The second-order valence-corrected chi connectivity index (χ2v) is 4.37. The Morgan fingerprint density at radius 1 is 1.37 bits per heavy atom. The average Bonchev–Trinajstić information content (AvgIpc) is 2.77. The Morgan fingerprint density at radius 2 is 2.11 bits per heavy atom. The Kier molecular flexibility index (Phi) is 3.46. The number of nitrogens with two attached hydrogens (primary N) is 2. The number of methoxy groups -OCH3 is 1. The summed E-state index contributed by atoms with van der Waals surface area (Å²) in [6.07, 6.45) is 3.45. The van der Waals surface area contributed by atoms with E-state index in [0.717, 1.165) is 22.6 Å². The Bertz CT molecular complexity index is 624. The summed E-state index contributed by atoms with van der Waals surface area (Å²) in [7, 11) is 1.65. The number of aryl methyl sites for hydroxylation is 1. The first-order valence-electron chi connectivity index (χ1n) is 5.95. The van der Waals surface area contributed by atoms with E-state index in [4.69, 9.17) is 16.2 Å². The molecule has 1 aromatic heterocycles. The Balaban J connectivity index is 2.60. The molecule has 5 heteroatoms. The van der Waals surface area contributed by atoms with Gasteiger partial charge in [0.15, 0.2) is 0 Å². The van der Waals surface area contributed by atoms with Gasteiger partial charge >= 0.3 is 0 Å². The molecule has 0 aliphatic heterocycles. The van der Waals surface area contributed by atoms with E-state index in [1.54, 1.807) is 24.1 Å². The summed E-state index contributed by atoms with van der Waals surface area (Å²) in [6.45, 7) is 3.85. The second-order valence-electron chi connectivity index (χ2n) is 4.37. The van der Waals surface area contributed by atoms with E-state index in [0.29, 0.717) is 11.6 Å². The van der Waals surface area contributed by atoms with Crippen LogP contribution in [-0.4, -0.2) is 16.7 Å². The minimum atomic E-state index is 0.412. The fraction of sp³-hybridized carbons (Fsp3) is 0.214. The van der Waals surface area contributed by atoms with Gasteiger partial charge in [-0.25, -0.2) is 4.98 Å². The zero-order valence-electron chi connectivity index (χ0n) is 11.3. The predicted octanol–water partition coefficient (Wildman–Crippen LogP) is 1.98. The van der Waals surface area contributed by atoms with Crippen LogP contribution in [0, 0.1) is 6.92 Å². The van der Waals surface area contributed by atoms with Crippen LogP contribution in [0.1, 0.15) is 18.1 Å². The van der Waals surface area contributed by atoms with Crippen molar-refractivity contribution < 1.29 is 4.74 Å². The second kappa shape index (κ2) is 5.06. The molecule has 2 rings (SSSR count). The molecule has 0 aliphatic rings. The highest BCUT2D eigenvalue weighted by Crippen LogP contribution is 2.27. The monoisotopic (exact) mass is 258 g/mol. The number of hydrogen-bond donors (Lipinski definition) is 2. The van der Waals surface area contributed by atoms with Crippen LogP contribution in [-0.2, 0) is 0 Å². The van der Waals surface area contributed by atoms with Gasteiger partial charge in [0.05, 0.1) is 12.8 Å². The molecule has 0 fully saturated rings. The maximum absolute atomic E-state index is 6.01. The van der Waals surface area contributed by atoms with Crippen molar-refractivity contribution in [3.63, 3.8) is 0 Å². The average molecular weight is 258 g/mol. The fourth-order valence-electron chi connectivity index (χ4n) is 2.07. The van der Waals surface area contributed by atoms with E-state index < -0.39 is 0 Å². The highest BCUT2D eigenvalue weighted by molar-refractivity contribution is 5.73. The molecule has 0 atom stereocenters. The maximum atomic E-state index is 6.01. The van der Waals surface area contributed by atoms with Gasteiger partial charge in [-0.3, -0.25) is 4.57 Å². The molecular weight excluding hydrogens is 240 g/mol. The number of nitrogen functional groups attached to an aromatic ring is 1. The van der Waals surface area contributed by atoms with Gasteiger partial charge in [-0.05, 0) is 37.6 Å². The molecule has 2 aromatic rings. The fourth-order valence-corrected chi connectivity index (χ4v) is 2.07. The van der Waals surface area contributed by atoms with Gasteiger partial charge in [-0.1, -0.05) is 0 Å². The summed E-state index contributed by atoms with van der Waals surface area (Å²) in [5.74, 6) is 1.23. The summed E-state index contributed by atoms with van der Waals surface area (Å²) >= 11 is 0. The van der Waals surface area contributed by atoms with Crippen molar-refractivity contribution in [3.05, 3.63) is 47.4 Å². The Labute approximate surface area is 112 Å². The number of aromatic nitrogens is 2. The van der Waals surface area contributed by atoms with Crippen molar-refractivity contribution in [2.24, 2.45) is 5.73 Å². The summed E-state index contributed by atoms with van der Waals surface area (Å²) in [5, 5.41) is 0. The summed E-state index contributed by atoms with van der Waals surface area (Å²) < 4.78 is 7.00. The van der Waals surface area contributed by atoms with E-state index in [1.165, 1.54) is 0 Å². The molecular formula is C14H18N4O. The van der Waals surface area contributed by atoms with Crippen LogP contribution < -0.4 is 16.2 Å². The number of allylic oxidation sites excluding steroid dienone is 1. The topological polar surface area (TPSA) is 79.1 Å². The highest BCUT2D eigenvalue weighted by atomic mass is 16.5. The zero-order valence-corrected chi connectivity index (χ0v) is 11.3. The van der Waals surface area contributed by atoms with Crippen LogP contribution in [0.5, 0.6) is 5.75 Å². The normalized spacial score (nSPS) is 12.2. The molecule has 4 N–H and O–H groups in total. The minimum Gasteiger partial charge on any atom is -0.497 e. The molecule has 1 aromatic carbocycles. The number of ether oxygens (including phenoxy) is 1. The quantitative estimate of drug-likeness (QED) is 0.882. The van der Waals surface area contributed by atoms with Gasteiger partial charge < -0.3 is 16.2 Å². The third-order valence-corrected chi connectivity index (χ3v) is 2.97. The number of imidazole rings is 1. The minimum absolute atomic E-state index is 0.412.